The van der Waals surface area contributed by atoms with E-state index in [0.29, 0.717) is 6.29 Å². The molecule has 0 N–H and O–H groups in total. The molecule has 0 bridgehead atoms. The summed E-state index contributed by atoms with van der Waals surface area (Å²) in [4.78, 5) is 20.1. The van der Waals surface area contributed by atoms with Gasteiger partial charge in [0.25, 0.3) is 5.69 Å². The van der Waals surface area contributed by atoms with Crippen molar-refractivity contribution in [3.63, 3.8) is 0 Å². The van der Waals surface area contributed by atoms with Gasteiger partial charge < -0.3 is 5.11 Å². The number of allylic oxidation sites excluding steroid dienone is 1. The highest BCUT2D eigenvalue weighted by Gasteiger charge is 2.11. The lowest BCUT2D eigenvalue weighted by Gasteiger charge is -2.11. The molecule has 16 heavy (non-hydrogen) atoms. The van der Waals surface area contributed by atoms with Gasteiger partial charge in [0.05, 0.1) is 4.92 Å². The summed E-state index contributed by atoms with van der Waals surface area (Å²) in [6.07, 6.45) is 1.81. The molecule has 0 saturated carbocycles. The molecule has 0 aliphatic heterocycles. The van der Waals surface area contributed by atoms with Gasteiger partial charge >= 0.3 is 0 Å². The minimum Gasteiger partial charge on any atom is -0.867 e. The maximum Gasteiger partial charge on any atom is 0.263 e. The van der Waals surface area contributed by atoms with E-state index < -0.39 is 16.4 Å². The average Bonchev–Trinajstić information content (AvgIpc) is 2.22. The van der Waals surface area contributed by atoms with Crippen molar-refractivity contribution < 1.29 is 14.8 Å². The van der Waals surface area contributed by atoms with Gasteiger partial charge in [-0.3, -0.25) is 14.9 Å². The number of halogens is 1. The minimum atomic E-state index is -0.804. The van der Waals surface area contributed by atoms with Crippen LogP contribution in [0.15, 0.2) is 17.7 Å². The van der Waals surface area contributed by atoms with Gasteiger partial charge in [0.2, 0.25) is 0 Å². The van der Waals surface area contributed by atoms with Gasteiger partial charge in [0.15, 0.2) is 0 Å². The van der Waals surface area contributed by atoms with Crippen LogP contribution in [-0.4, -0.2) is 11.2 Å². The molecule has 0 aromatic heterocycles. The predicted octanol–water partition coefficient (Wildman–Crippen LogP) is 1.92. The SMILES string of the molecule is C/C(C=O)=C/c1cc(Cl)cc([N+](=O)[O-])c1[O-]. The molecule has 0 unspecified atom stereocenters. The first kappa shape index (κ1) is 12.2. The number of nitro benzene ring substituents is 1. The first-order valence-corrected chi connectivity index (χ1v) is 4.62. The number of carbonyl (C=O) groups is 1. The minimum absolute atomic E-state index is 0.0313. The highest BCUT2D eigenvalue weighted by molar-refractivity contribution is 6.31. The van der Waals surface area contributed by atoms with Crippen LogP contribution in [-0.2, 0) is 4.79 Å². The number of nitrogens with zero attached hydrogens (tertiary/aromatic N) is 1. The number of rotatable bonds is 3. The fraction of sp³-hybridized carbons (Fsp3) is 0.100. The van der Waals surface area contributed by atoms with Crippen molar-refractivity contribution in [2.24, 2.45) is 0 Å². The Morgan fingerprint density at radius 1 is 1.50 bits per heavy atom. The van der Waals surface area contributed by atoms with Crippen LogP contribution in [0.2, 0.25) is 5.02 Å². The third-order valence-electron chi connectivity index (χ3n) is 1.83. The zero-order valence-electron chi connectivity index (χ0n) is 8.27. The molecule has 0 aliphatic carbocycles. The summed E-state index contributed by atoms with van der Waals surface area (Å²) in [5.74, 6) is -0.754. The van der Waals surface area contributed by atoms with Crippen molar-refractivity contribution >= 4 is 29.7 Å². The first-order valence-electron chi connectivity index (χ1n) is 4.24. The smallest absolute Gasteiger partial charge is 0.263 e. The van der Waals surface area contributed by atoms with E-state index >= 15 is 0 Å². The number of nitro groups is 1. The maximum absolute atomic E-state index is 11.6. The standard InChI is InChI=1S/C10H8ClNO4/c1-6(5-13)2-7-3-8(11)4-9(10(7)14)12(15)16/h2-5,14H,1H3/p-1/b6-2-. The summed E-state index contributed by atoms with van der Waals surface area (Å²) in [7, 11) is 0. The van der Waals surface area contributed by atoms with Crippen LogP contribution in [0.25, 0.3) is 6.08 Å². The Labute approximate surface area is 96.1 Å². The summed E-state index contributed by atoms with van der Waals surface area (Å²) >= 11 is 5.63. The Kier molecular flexibility index (Phi) is 3.63. The quantitative estimate of drug-likeness (QED) is 0.350. The monoisotopic (exact) mass is 240 g/mol. The van der Waals surface area contributed by atoms with E-state index in [2.05, 4.69) is 0 Å². The Bertz CT molecular complexity index is 482. The summed E-state index contributed by atoms with van der Waals surface area (Å²) in [6.45, 7) is 1.49. The largest absolute Gasteiger partial charge is 0.867 e. The Hall–Kier alpha value is -1.88. The van der Waals surface area contributed by atoms with E-state index in [-0.39, 0.29) is 16.2 Å². The molecule has 0 heterocycles. The Morgan fingerprint density at radius 3 is 2.62 bits per heavy atom. The number of benzene rings is 1. The van der Waals surface area contributed by atoms with Gasteiger partial charge in [-0.25, -0.2) is 0 Å². The molecular weight excluding hydrogens is 234 g/mol. The van der Waals surface area contributed by atoms with Gasteiger partial charge in [-0.2, -0.15) is 0 Å². The van der Waals surface area contributed by atoms with Gasteiger partial charge in [0, 0.05) is 11.1 Å². The van der Waals surface area contributed by atoms with Gasteiger partial charge in [-0.05, 0) is 36.0 Å². The number of hydrogen-bond acceptors (Lipinski definition) is 4. The lowest BCUT2D eigenvalue weighted by Crippen LogP contribution is -2.00. The number of aldehydes is 1. The molecule has 0 aliphatic rings. The first-order chi connectivity index (χ1) is 7.45. The molecule has 0 atom stereocenters. The van der Waals surface area contributed by atoms with E-state index in [1.807, 2.05) is 0 Å². The van der Waals surface area contributed by atoms with Crippen LogP contribution in [0.3, 0.4) is 0 Å². The van der Waals surface area contributed by atoms with E-state index in [1.54, 1.807) is 0 Å². The molecule has 0 radical (unpaired) electrons. The predicted molar refractivity (Wildman–Crippen MR) is 57.3 cm³/mol. The molecule has 0 amide bonds. The van der Waals surface area contributed by atoms with Crippen LogP contribution in [0.5, 0.6) is 5.75 Å². The van der Waals surface area contributed by atoms with Crippen molar-refractivity contribution in [3.8, 4) is 5.75 Å². The molecule has 1 aromatic carbocycles. The second-order valence-electron chi connectivity index (χ2n) is 3.11. The maximum atomic E-state index is 11.6. The Balaban J connectivity index is 3.41. The van der Waals surface area contributed by atoms with Crippen LogP contribution in [0.4, 0.5) is 5.69 Å². The Morgan fingerprint density at radius 2 is 2.12 bits per heavy atom. The lowest BCUT2D eigenvalue weighted by molar-refractivity contribution is -0.398. The molecule has 5 nitrogen and oxygen atoms in total. The third kappa shape index (κ3) is 2.58. The van der Waals surface area contributed by atoms with Crippen molar-refractivity contribution in [1.29, 1.82) is 0 Å². The zero-order chi connectivity index (χ0) is 12.3. The average molecular weight is 241 g/mol. The highest BCUT2D eigenvalue weighted by atomic mass is 35.5. The third-order valence-corrected chi connectivity index (χ3v) is 2.05. The van der Waals surface area contributed by atoms with Crippen molar-refractivity contribution in [2.45, 2.75) is 6.92 Å². The van der Waals surface area contributed by atoms with Crippen molar-refractivity contribution in [1.82, 2.24) is 0 Å². The van der Waals surface area contributed by atoms with Crippen molar-refractivity contribution in [2.75, 3.05) is 0 Å². The topological polar surface area (TPSA) is 83.3 Å². The molecular formula is C10H7ClNO4-. The second kappa shape index (κ2) is 4.76. The zero-order valence-corrected chi connectivity index (χ0v) is 9.02. The summed E-state index contributed by atoms with van der Waals surface area (Å²) in [5.41, 5.74) is -0.282. The van der Waals surface area contributed by atoms with Crippen LogP contribution in [0, 0.1) is 10.1 Å². The molecule has 0 fully saturated rings. The highest BCUT2D eigenvalue weighted by Crippen LogP contribution is 2.32. The molecule has 84 valence electrons. The molecule has 1 aromatic rings. The normalized spacial score (nSPS) is 11.2. The lowest BCUT2D eigenvalue weighted by atomic mass is 10.1. The van der Waals surface area contributed by atoms with Gasteiger partial charge in [-0.1, -0.05) is 11.6 Å². The summed E-state index contributed by atoms with van der Waals surface area (Å²) in [6, 6.07) is 2.27. The van der Waals surface area contributed by atoms with Crippen LogP contribution in [0.1, 0.15) is 12.5 Å². The van der Waals surface area contributed by atoms with Gasteiger partial charge in [-0.15, -0.1) is 0 Å². The second-order valence-corrected chi connectivity index (χ2v) is 3.54. The summed E-state index contributed by atoms with van der Waals surface area (Å²) < 4.78 is 0. The van der Waals surface area contributed by atoms with Crippen LogP contribution < -0.4 is 5.11 Å². The molecule has 0 saturated heterocycles. The molecule has 1 rings (SSSR count). The van der Waals surface area contributed by atoms with E-state index in [4.69, 9.17) is 11.6 Å². The number of carbonyl (C=O) groups excluding carboxylic acids is 1. The van der Waals surface area contributed by atoms with Crippen LogP contribution >= 0.6 is 11.6 Å². The fourth-order valence-corrected chi connectivity index (χ4v) is 1.34. The van der Waals surface area contributed by atoms with Crippen molar-refractivity contribution in [3.05, 3.63) is 38.4 Å². The van der Waals surface area contributed by atoms with Gasteiger partial charge in [0.1, 0.15) is 6.29 Å². The summed E-state index contributed by atoms with van der Waals surface area (Å²) in [5, 5.41) is 22.2. The number of hydrogen-bond donors (Lipinski definition) is 0. The fourth-order valence-electron chi connectivity index (χ4n) is 1.12. The van der Waals surface area contributed by atoms with E-state index in [0.717, 1.165) is 6.07 Å². The van der Waals surface area contributed by atoms with E-state index in [9.17, 15) is 20.0 Å². The molecule has 0 spiro atoms. The molecule has 6 heteroatoms. The van der Waals surface area contributed by atoms with E-state index in [1.165, 1.54) is 19.1 Å².